The van der Waals surface area contributed by atoms with E-state index in [1.165, 1.54) is 25.7 Å². The van der Waals surface area contributed by atoms with E-state index in [1.807, 2.05) is 0 Å². The van der Waals surface area contributed by atoms with Crippen LogP contribution in [0.1, 0.15) is 46.0 Å². The first-order valence-corrected chi connectivity index (χ1v) is 9.78. The molecule has 0 bridgehead atoms. The van der Waals surface area contributed by atoms with E-state index >= 15 is 0 Å². The third-order valence-corrected chi connectivity index (χ3v) is 4.26. The molecule has 0 aliphatic rings. The highest BCUT2D eigenvalue weighted by molar-refractivity contribution is 4.62. The van der Waals surface area contributed by atoms with Crippen LogP contribution >= 0.6 is 0 Å². The molecule has 0 aliphatic heterocycles. The fourth-order valence-corrected chi connectivity index (χ4v) is 2.48. The largest absolute Gasteiger partial charge is 0.366 e. The predicted molar refractivity (Wildman–Crippen MR) is 106 cm³/mol. The Bertz CT molecular complexity index is 250. The minimum absolute atomic E-state index is 0.563. The zero-order valence-corrected chi connectivity index (χ0v) is 17.3. The second-order valence-corrected chi connectivity index (χ2v) is 7.46. The van der Waals surface area contributed by atoms with Crippen LogP contribution in [0.15, 0.2) is 0 Å². The van der Waals surface area contributed by atoms with E-state index in [-0.39, 0.29) is 0 Å². The Morgan fingerprint density at radius 1 is 0.833 bits per heavy atom. The van der Waals surface area contributed by atoms with Crippen molar-refractivity contribution in [3.05, 3.63) is 0 Å². The number of rotatable bonds is 17. The Balaban J connectivity index is 3.69. The maximum absolute atomic E-state index is 5.75. The number of hydrogen-bond donors (Lipinski definition) is 1. The van der Waals surface area contributed by atoms with Gasteiger partial charge >= 0.3 is 0 Å². The minimum Gasteiger partial charge on any atom is -0.366 e. The molecule has 0 aromatic carbocycles. The van der Waals surface area contributed by atoms with Crippen molar-refractivity contribution in [3.8, 4) is 0 Å². The maximum atomic E-state index is 5.75. The highest BCUT2D eigenvalue weighted by Crippen LogP contribution is 2.02. The van der Waals surface area contributed by atoms with Crippen LogP contribution in [0.4, 0.5) is 0 Å². The average molecular weight is 345 g/mol. The molecule has 0 amide bonds. The zero-order valence-electron chi connectivity index (χ0n) is 17.3. The van der Waals surface area contributed by atoms with E-state index in [0.717, 1.165) is 45.8 Å². The standard InChI is InChI=1S/C19H44N4O/c1-7-8-9-11-19(2)20-18-24-17-10-12-23(15-13-21(3)4)16-14-22(5)6/h19-20H,7-18H2,1-6H3/t19-/m1/s1. The summed E-state index contributed by atoms with van der Waals surface area (Å²) in [6.07, 6.45) is 6.30. The molecule has 0 aromatic rings. The fourth-order valence-electron chi connectivity index (χ4n) is 2.48. The molecule has 24 heavy (non-hydrogen) atoms. The van der Waals surface area contributed by atoms with Gasteiger partial charge in [-0.3, -0.25) is 5.32 Å². The first-order valence-electron chi connectivity index (χ1n) is 9.78. The van der Waals surface area contributed by atoms with Gasteiger partial charge in [0, 0.05) is 45.4 Å². The maximum Gasteiger partial charge on any atom is 0.0967 e. The third kappa shape index (κ3) is 16.7. The molecule has 0 aromatic heterocycles. The van der Waals surface area contributed by atoms with Gasteiger partial charge < -0.3 is 19.4 Å². The van der Waals surface area contributed by atoms with E-state index < -0.39 is 0 Å². The van der Waals surface area contributed by atoms with Gasteiger partial charge in [-0.2, -0.15) is 0 Å². The number of unbranched alkanes of at least 4 members (excludes halogenated alkanes) is 2. The Labute approximate surface area is 151 Å². The first-order chi connectivity index (χ1) is 11.5. The van der Waals surface area contributed by atoms with Gasteiger partial charge in [0.2, 0.25) is 0 Å². The smallest absolute Gasteiger partial charge is 0.0967 e. The van der Waals surface area contributed by atoms with E-state index in [2.05, 4.69) is 62.1 Å². The van der Waals surface area contributed by atoms with Crippen LogP contribution in [-0.4, -0.2) is 95.0 Å². The van der Waals surface area contributed by atoms with Gasteiger partial charge in [0.25, 0.3) is 0 Å². The summed E-state index contributed by atoms with van der Waals surface area (Å²) < 4.78 is 5.75. The summed E-state index contributed by atoms with van der Waals surface area (Å²) in [5.41, 5.74) is 0. The molecular weight excluding hydrogens is 300 g/mol. The van der Waals surface area contributed by atoms with Crippen molar-refractivity contribution in [2.24, 2.45) is 0 Å². The summed E-state index contributed by atoms with van der Waals surface area (Å²) in [4.78, 5) is 7.05. The highest BCUT2D eigenvalue weighted by Gasteiger charge is 2.06. The lowest BCUT2D eigenvalue weighted by atomic mass is 10.1. The SMILES string of the molecule is CCCCC[C@@H](C)NCOCCCN(CCN(C)C)CCN(C)C. The number of ether oxygens (including phenoxy) is 1. The fraction of sp³-hybridized carbons (Fsp3) is 1.00. The summed E-state index contributed by atoms with van der Waals surface area (Å²) >= 11 is 0. The molecule has 146 valence electrons. The summed E-state index contributed by atoms with van der Waals surface area (Å²) in [7, 11) is 8.56. The second-order valence-electron chi connectivity index (χ2n) is 7.46. The van der Waals surface area contributed by atoms with Crippen molar-refractivity contribution in [1.82, 2.24) is 20.0 Å². The lowest BCUT2D eigenvalue weighted by Crippen LogP contribution is -2.37. The summed E-state index contributed by atoms with van der Waals surface area (Å²) in [6, 6.07) is 0.563. The normalized spacial score (nSPS) is 13.4. The minimum atomic E-state index is 0.563. The molecule has 0 spiro atoms. The van der Waals surface area contributed by atoms with Crippen molar-refractivity contribution in [2.75, 3.05) is 74.3 Å². The van der Waals surface area contributed by atoms with Gasteiger partial charge in [-0.15, -0.1) is 0 Å². The van der Waals surface area contributed by atoms with E-state index in [9.17, 15) is 0 Å². The summed E-state index contributed by atoms with van der Waals surface area (Å²) in [5, 5.41) is 3.46. The number of nitrogens with one attached hydrogen (secondary N) is 1. The molecule has 0 fully saturated rings. The second kappa shape index (κ2) is 16.3. The van der Waals surface area contributed by atoms with Gasteiger partial charge in [0.15, 0.2) is 0 Å². The molecule has 5 heteroatoms. The van der Waals surface area contributed by atoms with Gasteiger partial charge in [0.1, 0.15) is 0 Å². The van der Waals surface area contributed by atoms with Crippen LogP contribution in [0.25, 0.3) is 0 Å². The molecule has 0 radical (unpaired) electrons. The molecule has 5 nitrogen and oxygen atoms in total. The summed E-state index contributed by atoms with van der Waals surface area (Å²) in [6.45, 7) is 11.6. The molecule has 0 aliphatic carbocycles. The Kier molecular flexibility index (Phi) is 16.1. The van der Waals surface area contributed by atoms with E-state index in [0.29, 0.717) is 12.8 Å². The Hall–Kier alpha value is -0.200. The van der Waals surface area contributed by atoms with E-state index in [1.54, 1.807) is 0 Å². The molecule has 0 rings (SSSR count). The lowest BCUT2D eigenvalue weighted by molar-refractivity contribution is 0.0962. The van der Waals surface area contributed by atoms with Crippen LogP contribution in [0.2, 0.25) is 0 Å². The van der Waals surface area contributed by atoms with Crippen LogP contribution in [0.3, 0.4) is 0 Å². The van der Waals surface area contributed by atoms with E-state index in [4.69, 9.17) is 4.74 Å². The van der Waals surface area contributed by atoms with Gasteiger partial charge in [-0.1, -0.05) is 26.2 Å². The highest BCUT2D eigenvalue weighted by atomic mass is 16.5. The van der Waals surface area contributed by atoms with Crippen LogP contribution in [-0.2, 0) is 4.74 Å². The summed E-state index contributed by atoms with van der Waals surface area (Å²) in [5.74, 6) is 0. The topological polar surface area (TPSA) is 31.0 Å². The number of likely N-dealkylation sites (N-methyl/N-ethyl adjacent to an activating group) is 2. The van der Waals surface area contributed by atoms with Crippen molar-refractivity contribution in [2.45, 2.75) is 52.0 Å². The average Bonchev–Trinajstić information content (AvgIpc) is 2.52. The number of hydrogen-bond acceptors (Lipinski definition) is 5. The van der Waals surface area contributed by atoms with Gasteiger partial charge in [-0.25, -0.2) is 0 Å². The quantitative estimate of drug-likeness (QED) is 0.323. The Morgan fingerprint density at radius 2 is 1.46 bits per heavy atom. The lowest BCUT2D eigenvalue weighted by Gasteiger charge is -2.25. The first kappa shape index (κ1) is 23.8. The molecular formula is C19H44N4O. The molecule has 1 atom stereocenters. The molecule has 0 saturated carbocycles. The number of nitrogens with zero attached hydrogens (tertiary/aromatic N) is 3. The van der Waals surface area contributed by atoms with Crippen molar-refractivity contribution >= 4 is 0 Å². The van der Waals surface area contributed by atoms with Crippen LogP contribution in [0.5, 0.6) is 0 Å². The van der Waals surface area contributed by atoms with Gasteiger partial charge in [0.05, 0.1) is 6.73 Å². The third-order valence-electron chi connectivity index (χ3n) is 4.26. The van der Waals surface area contributed by atoms with Crippen LogP contribution < -0.4 is 5.32 Å². The van der Waals surface area contributed by atoms with Gasteiger partial charge in [-0.05, 0) is 48.0 Å². The molecule has 0 saturated heterocycles. The van der Waals surface area contributed by atoms with Crippen molar-refractivity contribution in [3.63, 3.8) is 0 Å². The van der Waals surface area contributed by atoms with Crippen LogP contribution in [0, 0.1) is 0 Å². The van der Waals surface area contributed by atoms with Crippen molar-refractivity contribution in [1.29, 1.82) is 0 Å². The predicted octanol–water partition coefficient (Wildman–Crippen LogP) is 2.33. The molecule has 0 heterocycles. The molecule has 0 unspecified atom stereocenters. The zero-order chi connectivity index (χ0) is 18.2. The van der Waals surface area contributed by atoms with Crippen molar-refractivity contribution < 1.29 is 4.74 Å². The Morgan fingerprint density at radius 3 is 2.00 bits per heavy atom. The molecule has 1 N–H and O–H groups in total. The monoisotopic (exact) mass is 344 g/mol.